The highest BCUT2D eigenvalue weighted by Gasteiger charge is 2.07. The first kappa shape index (κ1) is 15.5. The Balaban J connectivity index is 2.11. The van der Waals surface area contributed by atoms with Crippen molar-refractivity contribution in [1.29, 1.82) is 0 Å². The van der Waals surface area contributed by atoms with E-state index >= 15 is 0 Å². The third kappa shape index (κ3) is 6.25. The lowest BCUT2D eigenvalue weighted by Gasteiger charge is -2.23. The van der Waals surface area contributed by atoms with Crippen LogP contribution in [0.15, 0.2) is 15.9 Å². The van der Waals surface area contributed by atoms with Crippen LogP contribution in [0.25, 0.3) is 0 Å². The fourth-order valence-electron chi connectivity index (χ4n) is 1.50. The first-order chi connectivity index (χ1) is 8.13. The fraction of sp³-hybridized carbons (Fsp3) is 0.667. The zero-order valence-electron chi connectivity index (χ0n) is 10.7. The largest absolute Gasteiger partial charge is 0.311 e. The molecule has 0 amide bonds. The van der Waals surface area contributed by atoms with Crippen molar-refractivity contribution in [2.75, 3.05) is 32.1 Å². The minimum absolute atomic E-state index is 0.655. The molecule has 0 fully saturated rings. The van der Waals surface area contributed by atoms with Crippen molar-refractivity contribution in [2.24, 2.45) is 0 Å². The number of thiophene rings is 1. The molecule has 1 unspecified atom stereocenters. The van der Waals surface area contributed by atoms with E-state index in [1.807, 2.05) is 11.8 Å². The maximum Gasteiger partial charge on any atom is 0.0300 e. The second kappa shape index (κ2) is 8.53. The van der Waals surface area contributed by atoms with Gasteiger partial charge in [-0.1, -0.05) is 0 Å². The van der Waals surface area contributed by atoms with Gasteiger partial charge in [-0.3, -0.25) is 0 Å². The molecule has 2 nitrogen and oxygen atoms in total. The van der Waals surface area contributed by atoms with Gasteiger partial charge in [0, 0.05) is 46.2 Å². The highest BCUT2D eigenvalue weighted by Crippen LogP contribution is 2.19. The minimum Gasteiger partial charge on any atom is -0.311 e. The molecular formula is C12H21BrN2S2. The van der Waals surface area contributed by atoms with E-state index in [9.17, 15) is 0 Å². The molecule has 98 valence electrons. The first-order valence-corrected chi connectivity index (χ1v) is 8.83. The second-order valence-corrected chi connectivity index (χ2v) is 7.02. The van der Waals surface area contributed by atoms with Crippen molar-refractivity contribution in [2.45, 2.75) is 19.5 Å². The lowest BCUT2D eigenvalue weighted by molar-refractivity contribution is 0.277. The normalized spacial score (nSPS) is 13.2. The quantitative estimate of drug-likeness (QED) is 0.733. The summed E-state index contributed by atoms with van der Waals surface area (Å²) in [5.41, 5.74) is 0. The van der Waals surface area contributed by atoms with Crippen molar-refractivity contribution < 1.29 is 0 Å². The van der Waals surface area contributed by atoms with Gasteiger partial charge < -0.3 is 10.2 Å². The third-order valence-corrected chi connectivity index (χ3v) is 5.24. The van der Waals surface area contributed by atoms with Crippen molar-refractivity contribution >= 4 is 39.0 Å². The summed E-state index contributed by atoms with van der Waals surface area (Å²) in [7, 11) is 2.20. The Kier molecular flexibility index (Phi) is 7.78. The summed E-state index contributed by atoms with van der Waals surface area (Å²) in [5.74, 6) is 1.20. The van der Waals surface area contributed by atoms with E-state index in [1.54, 1.807) is 11.3 Å². The van der Waals surface area contributed by atoms with Crippen molar-refractivity contribution in [3.05, 3.63) is 20.8 Å². The van der Waals surface area contributed by atoms with E-state index in [0.29, 0.717) is 6.04 Å². The van der Waals surface area contributed by atoms with Gasteiger partial charge >= 0.3 is 0 Å². The first-order valence-electron chi connectivity index (χ1n) is 5.76. The molecule has 0 aliphatic rings. The number of nitrogens with one attached hydrogen (secondary N) is 1. The predicted molar refractivity (Wildman–Crippen MR) is 84.2 cm³/mol. The van der Waals surface area contributed by atoms with Gasteiger partial charge in [0.15, 0.2) is 0 Å². The molecule has 1 N–H and O–H groups in total. The van der Waals surface area contributed by atoms with E-state index in [1.165, 1.54) is 15.1 Å². The zero-order valence-corrected chi connectivity index (χ0v) is 13.9. The molecule has 1 rings (SSSR count). The third-order valence-electron chi connectivity index (χ3n) is 2.72. The Bertz CT molecular complexity index is 317. The summed E-state index contributed by atoms with van der Waals surface area (Å²) >= 11 is 7.18. The van der Waals surface area contributed by atoms with E-state index in [2.05, 4.69) is 57.8 Å². The number of likely N-dealkylation sites (N-methyl/N-ethyl adjacent to an activating group) is 1. The van der Waals surface area contributed by atoms with Crippen molar-refractivity contribution in [3.63, 3.8) is 0 Å². The molecule has 17 heavy (non-hydrogen) atoms. The van der Waals surface area contributed by atoms with Crippen molar-refractivity contribution in [1.82, 2.24) is 10.2 Å². The van der Waals surface area contributed by atoms with Gasteiger partial charge in [0.25, 0.3) is 0 Å². The van der Waals surface area contributed by atoms with Crippen LogP contribution in [0.4, 0.5) is 0 Å². The molecule has 0 saturated carbocycles. The van der Waals surface area contributed by atoms with Crippen LogP contribution in [-0.2, 0) is 6.54 Å². The van der Waals surface area contributed by atoms with Gasteiger partial charge in [0.1, 0.15) is 0 Å². The molecule has 0 aliphatic heterocycles. The molecule has 0 saturated heterocycles. The molecule has 0 aromatic carbocycles. The maximum atomic E-state index is 3.48. The zero-order chi connectivity index (χ0) is 12.7. The van der Waals surface area contributed by atoms with Crippen LogP contribution < -0.4 is 5.32 Å². The van der Waals surface area contributed by atoms with Gasteiger partial charge in [-0.15, -0.1) is 11.3 Å². The van der Waals surface area contributed by atoms with Crippen LogP contribution in [0.2, 0.25) is 0 Å². The Hall–Kier alpha value is 0.450. The summed E-state index contributed by atoms with van der Waals surface area (Å²) in [4.78, 5) is 3.80. The van der Waals surface area contributed by atoms with E-state index in [4.69, 9.17) is 0 Å². The molecule has 1 aromatic rings. The van der Waals surface area contributed by atoms with E-state index < -0.39 is 0 Å². The lowest BCUT2D eigenvalue weighted by Crippen LogP contribution is -2.36. The smallest absolute Gasteiger partial charge is 0.0300 e. The highest BCUT2D eigenvalue weighted by atomic mass is 79.9. The van der Waals surface area contributed by atoms with Gasteiger partial charge in [0.05, 0.1) is 0 Å². The summed E-state index contributed by atoms with van der Waals surface area (Å²) in [6.07, 6.45) is 2.16. The number of hydrogen-bond donors (Lipinski definition) is 1. The standard InChI is InChI=1S/C12H21BrN2S2/c1-10(8-16-3)15(2)5-4-14-7-12-6-11(13)9-17-12/h6,9-10,14H,4-5,7-8H2,1-3H3. The summed E-state index contributed by atoms with van der Waals surface area (Å²) in [6, 6.07) is 2.83. The van der Waals surface area contributed by atoms with E-state index in [0.717, 1.165) is 19.6 Å². The Morgan fingerprint density at radius 3 is 2.94 bits per heavy atom. The Morgan fingerprint density at radius 1 is 1.59 bits per heavy atom. The number of rotatable bonds is 8. The van der Waals surface area contributed by atoms with Gasteiger partial charge in [0.2, 0.25) is 0 Å². The highest BCUT2D eigenvalue weighted by molar-refractivity contribution is 9.10. The Labute approximate surface area is 121 Å². The lowest BCUT2D eigenvalue weighted by atomic mass is 10.3. The molecule has 0 spiro atoms. The van der Waals surface area contributed by atoms with Gasteiger partial charge in [-0.25, -0.2) is 0 Å². The molecule has 5 heteroatoms. The summed E-state index contributed by atoms with van der Waals surface area (Å²) in [5, 5.41) is 5.61. The molecule has 1 atom stereocenters. The minimum atomic E-state index is 0.655. The molecule has 1 heterocycles. The van der Waals surface area contributed by atoms with Crippen molar-refractivity contribution in [3.8, 4) is 0 Å². The van der Waals surface area contributed by atoms with Crippen LogP contribution in [0.5, 0.6) is 0 Å². The fourth-order valence-corrected chi connectivity index (χ4v) is 3.66. The van der Waals surface area contributed by atoms with Crippen LogP contribution in [0.3, 0.4) is 0 Å². The predicted octanol–water partition coefficient (Wildman–Crippen LogP) is 3.28. The van der Waals surface area contributed by atoms with E-state index in [-0.39, 0.29) is 0 Å². The summed E-state index contributed by atoms with van der Waals surface area (Å²) in [6.45, 7) is 5.41. The van der Waals surface area contributed by atoms with Crippen LogP contribution >= 0.6 is 39.0 Å². The molecule has 0 radical (unpaired) electrons. The second-order valence-electron chi connectivity index (χ2n) is 4.19. The number of hydrogen-bond acceptors (Lipinski definition) is 4. The molecule has 1 aromatic heterocycles. The average Bonchev–Trinajstić information content (AvgIpc) is 2.70. The number of nitrogens with zero attached hydrogens (tertiary/aromatic N) is 1. The number of thioether (sulfide) groups is 1. The Morgan fingerprint density at radius 2 is 2.35 bits per heavy atom. The monoisotopic (exact) mass is 336 g/mol. The topological polar surface area (TPSA) is 15.3 Å². The average molecular weight is 337 g/mol. The summed E-state index contributed by atoms with van der Waals surface area (Å²) < 4.78 is 1.19. The van der Waals surface area contributed by atoms with Crippen LogP contribution in [0.1, 0.15) is 11.8 Å². The molecule has 0 bridgehead atoms. The van der Waals surface area contributed by atoms with Crippen LogP contribution in [-0.4, -0.2) is 43.1 Å². The molecule has 0 aliphatic carbocycles. The molecular weight excluding hydrogens is 316 g/mol. The SMILES string of the molecule is CSCC(C)N(C)CCNCc1cc(Br)cs1. The maximum absolute atomic E-state index is 3.48. The van der Waals surface area contributed by atoms with Crippen LogP contribution in [0, 0.1) is 0 Å². The van der Waals surface area contributed by atoms with Gasteiger partial charge in [-0.2, -0.15) is 11.8 Å². The van der Waals surface area contributed by atoms with Gasteiger partial charge in [-0.05, 0) is 42.2 Å². The number of halogens is 1.